The molecule has 0 spiro atoms. The van der Waals surface area contributed by atoms with Gasteiger partial charge in [0.25, 0.3) is 0 Å². The number of amides is 1. The lowest BCUT2D eigenvalue weighted by molar-refractivity contribution is -0.142. The van der Waals surface area contributed by atoms with Crippen LogP contribution in [0.1, 0.15) is 46.0 Å². The Morgan fingerprint density at radius 3 is 2.74 bits per heavy atom. The van der Waals surface area contributed by atoms with Gasteiger partial charge in [0, 0.05) is 13.0 Å². The predicted molar refractivity (Wildman–Crippen MR) is 71.8 cm³/mol. The van der Waals surface area contributed by atoms with Gasteiger partial charge in [-0.15, -0.1) is 0 Å². The first-order chi connectivity index (χ1) is 8.92. The predicted octanol–water partition coefficient (Wildman–Crippen LogP) is 1.81. The van der Waals surface area contributed by atoms with E-state index in [0.717, 1.165) is 6.42 Å². The number of carbonyl (C=O) groups excluding carboxylic acids is 1. The average Bonchev–Trinajstić information content (AvgIpc) is 2.31. The molecule has 1 fully saturated rings. The molecule has 0 aromatic heterocycles. The number of carbonyl (C=O) groups is 2. The molecule has 1 atom stereocenters. The highest BCUT2D eigenvalue weighted by atomic mass is 16.5. The number of aliphatic carboxylic acids is 1. The van der Waals surface area contributed by atoms with Gasteiger partial charge < -0.3 is 15.2 Å². The summed E-state index contributed by atoms with van der Waals surface area (Å²) >= 11 is 0. The van der Waals surface area contributed by atoms with Crippen LogP contribution in [-0.2, 0) is 14.3 Å². The van der Waals surface area contributed by atoms with Crippen molar-refractivity contribution in [2.45, 2.75) is 46.0 Å². The van der Waals surface area contributed by atoms with Crippen LogP contribution in [0.5, 0.6) is 0 Å². The number of rotatable bonds is 7. The minimum Gasteiger partial charge on any atom is -0.480 e. The molecule has 0 aliphatic heterocycles. The Bertz CT molecular complexity index is 315. The molecule has 0 aromatic rings. The fourth-order valence-electron chi connectivity index (χ4n) is 2.66. The third-order valence-corrected chi connectivity index (χ3v) is 3.95. The van der Waals surface area contributed by atoms with Crippen molar-refractivity contribution in [1.29, 1.82) is 0 Å². The van der Waals surface area contributed by atoms with E-state index in [9.17, 15) is 9.59 Å². The Morgan fingerprint density at radius 1 is 1.37 bits per heavy atom. The van der Waals surface area contributed by atoms with Crippen LogP contribution in [0, 0.1) is 11.3 Å². The first-order valence-electron chi connectivity index (χ1n) is 6.98. The summed E-state index contributed by atoms with van der Waals surface area (Å²) < 4.78 is 4.86. The molecule has 1 unspecified atom stereocenters. The molecular formula is C14H25NO4. The van der Waals surface area contributed by atoms with E-state index in [0.29, 0.717) is 18.9 Å². The maximum atomic E-state index is 11.8. The number of hydrogen-bond donors (Lipinski definition) is 2. The number of nitrogens with one attached hydrogen (secondary N) is 1. The molecule has 1 amide bonds. The summed E-state index contributed by atoms with van der Waals surface area (Å²) in [6.45, 7) is 4.77. The van der Waals surface area contributed by atoms with Crippen LogP contribution >= 0.6 is 0 Å². The molecule has 0 radical (unpaired) electrons. The highest BCUT2D eigenvalue weighted by molar-refractivity contribution is 5.76. The summed E-state index contributed by atoms with van der Waals surface area (Å²) in [4.78, 5) is 22.0. The molecule has 0 heterocycles. The van der Waals surface area contributed by atoms with Crippen molar-refractivity contribution in [3.63, 3.8) is 0 Å². The Labute approximate surface area is 114 Å². The van der Waals surface area contributed by atoms with E-state index in [4.69, 9.17) is 9.84 Å². The lowest BCUT2D eigenvalue weighted by Gasteiger charge is -2.38. The van der Waals surface area contributed by atoms with Crippen molar-refractivity contribution >= 4 is 11.9 Å². The quantitative estimate of drug-likeness (QED) is 0.692. The highest BCUT2D eigenvalue weighted by Gasteiger charge is 2.33. The smallest absolute Gasteiger partial charge is 0.329 e. The van der Waals surface area contributed by atoms with E-state index in [2.05, 4.69) is 19.2 Å². The third kappa shape index (κ3) is 6.05. The highest BCUT2D eigenvalue weighted by Crippen LogP contribution is 2.42. The summed E-state index contributed by atoms with van der Waals surface area (Å²) in [7, 11) is 0. The van der Waals surface area contributed by atoms with Crippen LogP contribution in [0.2, 0.25) is 0 Å². The van der Waals surface area contributed by atoms with Gasteiger partial charge in [-0.05, 0) is 24.2 Å². The molecule has 1 aliphatic carbocycles. The Hall–Kier alpha value is -1.10. The van der Waals surface area contributed by atoms with Gasteiger partial charge in [-0.2, -0.15) is 0 Å². The van der Waals surface area contributed by atoms with E-state index in [1.165, 1.54) is 19.3 Å². The van der Waals surface area contributed by atoms with E-state index in [1.54, 1.807) is 0 Å². The van der Waals surface area contributed by atoms with Gasteiger partial charge in [0.1, 0.15) is 6.61 Å². The maximum Gasteiger partial charge on any atom is 0.329 e. The van der Waals surface area contributed by atoms with Crippen LogP contribution in [0.3, 0.4) is 0 Å². The van der Waals surface area contributed by atoms with Crippen molar-refractivity contribution in [2.24, 2.45) is 11.3 Å². The molecule has 110 valence electrons. The summed E-state index contributed by atoms with van der Waals surface area (Å²) in [6.07, 6.45) is 5.34. The fraction of sp³-hybridized carbons (Fsp3) is 0.857. The van der Waals surface area contributed by atoms with Crippen molar-refractivity contribution in [2.75, 3.05) is 19.8 Å². The van der Waals surface area contributed by atoms with E-state index >= 15 is 0 Å². The molecule has 1 rings (SSSR count). The van der Waals surface area contributed by atoms with Crippen LogP contribution in [0.25, 0.3) is 0 Å². The number of carboxylic acid groups (broad SMARTS) is 1. The Morgan fingerprint density at radius 2 is 2.11 bits per heavy atom. The molecule has 19 heavy (non-hydrogen) atoms. The van der Waals surface area contributed by atoms with Crippen molar-refractivity contribution < 1.29 is 19.4 Å². The van der Waals surface area contributed by atoms with Crippen molar-refractivity contribution in [3.8, 4) is 0 Å². The van der Waals surface area contributed by atoms with Gasteiger partial charge in [-0.25, -0.2) is 4.79 Å². The second-order valence-electron chi connectivity index (χ2n) is 5.93. The Balaban J connectivity index is 2.18. The van der Waals surface area contributed by atoms with E-state index < -0.39 is 5.97 Å². The molecule has 1 saturated carbocycles. The van der Waals surface area contributed by atoms with E-state index in [-0.39, 0.29) is 24.5 Å². The molecule has 0 saturated heterocycles. The molecule has 5 nitrogen and oxygen atoms in total. The average molecular weight is 271 g/mol. The summed E-state index contributed by atoms with van der Waals surface area (Å²) in [6, 6.07) is 0. The minimum absolute atomic E-state index is 0.0406. The largest absolute Gasteiger partial charge is 0.480 e. The van der Waals surface area contributed by atoms with Crippen LogP contribution in [0.15, 0.2) is 0 Å². The van der Waals surface area contributed by atoms with Gasteiger partial charge in [0.05, 0.1) is 6.61 Å². The summed E-state index contributed by atoms with van der Waals surface area (Å²) in [5.74, 6) is -0.504. The number of hydrogen-bond acceptors (Lipinski definition) is 3. The lowest BCUT2D eigenvalue weighted by Crippen LogP contribution is -2.35. The second kappa shape index (κ2) is 7.48. The first kappa shape index (κ1) is 16.0. The maximum absolute atomic E-state index is 11.8. The first-order valence-corrected chi connectivity index (χ1v) is 6.98. The minimum atomic E-state index is -0.990. The lowest BCUT2D eigenvalue weighted by atomic mass is 9.67. The summed E-state index contributed by atoms with van der Waals surface area (Å²) in [5.41, 5.74) is 0.245. The zero-order chi connectivity index (χ0) is 14.3. The zero-order valence-electron chi connectivity index (χ0n) is 11.9. The van der Waals surface area contributed by atoms with Gasteiger partial charge in [0.2, 0.25) is 5.91 Å². The SMILES string of the molecule is CC1(C)CCCCC1CC(=O)NCCOCC(=O)O. The van der Waals surface area contributed by atoms with Gasteiger partial charge >= 0.3 is 5.97 Å². The van der Waals surface area contributed by atoms with Gasteiger partial charge in [0.15, 0.2) is 0 Å². The zero-order valence-corrected chi connectivity index (χ0v) is 11.9. The standard InChI is InChI=1S/C14H25NO4/c1-14(2)6-4-3-5-11(14)9-12(16)15-7-8-19-10-13(17)18/h11H,3-10H2,1-2H3,(H,15,16)(H,17,18). The topological polar surface area (TPSA) is 75.6 Å². The molecule has 0 aromatic carbocycles. The van der Waals surface area contributed by atoms with Crippen LogP contribution in [-0.4, -0.2) is 36.7 Å². The van der Waals surface area contributed by atoms with Gasteiger partial charge in [-0.1, -0.05) is 26.7 Å². The number of carboxylic acids is 1. The monoisotopic (exact) mass is 271 g/mol. The number of ether oxygens (including phenoxy) is 1. The Kier molecular flexibility index (Phi) is 6.28. The van der Waals surface area contributed by atoms with Crippen LogP contribution in [0.4, 0.5) is 0 Å². The summed E-state index contributed by atoms with van der Waals surface area (Å²) in [5, 5.41) is 11.2. The van der Waals surface area contributed by atoms with Crippen molar-refractivity contribution in [1.82, 2.24) is 5.32 Å². The molecular weight excluding hydrogens is 246 g/mol. The molecule has 5 heteroatoms. The molecule has 0 bridgehead atoms. The second-order valence-corrected chi connectivity index (χ2v) is 5.93. The van der Waals surface area contributed by atoms with E-state index in [1.807, 2.05) is 0 Å². The molecule has 2 N–H and O–H groups in total. The van der Waals surface area contributed by atoms with Crippen molar-refractivity contribution in [3.05, 3.63) is 0 Å². The fourth-order valence-corrected chi connectivity index (χ4v) is 2.66. The molecule has 1 aliphatic rings. The third-order valence-electron chi connectivity index (χ3n) is 3.95. The normalized spacial score (nSPS) is 21.9. The van der Waals surface area contributed by atoms with Crippen LogP contribution < -0.4 is 5.32 Å². The van der Waals surface area contributed by atoms with Gasteiger partial charge in [-0.3, -0.25) is 4.79 Å².